The molecule has 0 spiro atoms. The predicted molar refractivity (Wildman–Crippen MR) is 53.1 cm³/mol. The highest BCUT2D eigenvalue weighted by atomic mass is 16.5. The molecule has 3 heteroatoms. The Labute approximate surface area is 75.9 Å². The first kappa shape index (κ1) is 11.7. The van der Waals surface area contributed by atoms with Gasteiger partial charge in [0.15, 0.2) is 0 Å². The van der Waals surface area contributed by atoms with Gasteiger partial charge < -0.3 is 9.68 Å². The summed E-state index contributed by atoms with van der Waals surface area (Å²) in [6.45, 7) is 10.2. The Kier molecular flexibility index (Phi) is 6.12. The molecule has 70 valence electrons. The summed E-state index contributed by atoms with van der Waals surface area (Å²) < 4.78 is 5.02. The lowest BCUT2D eigenvalue weighted by atomic mass is 9.94. The molecule has 0 aliphatic heterocycles. The van der Waals surface area contributed by atoms with E-state index in [1.54, 1.807) is 0 Å². The van der Waals surface area contributed by atoms with Crippen LogP contribution in [0.15, 0.2) is 12.2 Å². The van der Waals surface area contributed by atoms with Crippen LogP contribution >= 0.6 is 0 Å². The molecule has 0 rings (SSSR count). The third-order valence-corrected chi connectivity index (χ3v) is 2.20. The highest BCUT2D eigenvalue weighted by Crippen LogP contribution is 2.18. The van der Waals surface area contributed by atoms with Gasteiger partial charge in [-0.25, -0.2) is 0 Å². The lowest BCUT2D eigenvalue weighted by Crippen LogP contribution is -2.15. The van der Waals surface area contributed by atoms with Crippen LogP contribution in [0.1, 0.15) is 33.6 Å². The predicted octanol–water partition coefficient (Wildman–Crippen LogP) is 1.64. The summed E-state index contributed by atoms with van der Waals surface area (Å²) in [5.41, 5.74) is 1.25. The highest BCUT2D eigenvalue weighted by molar-refractivity contribution is 6.15. The van der Waals surface area contributed by atoms with Crippen molar-refractivity contribution in [3.63, 3.8) is 0 Å². The summed E-state index contributed by atoms with van der Waals surface area (Å²) in [6.07, 6.45) is 2.08. The van der Waals surface area contributed by atoms with E-state index in [2.05, 4.69) is 20.4 Å². The molecule has 1 N–H and O–H groups in total. The van der Waals surface area contributed by atoms with Crippen molar-refractivity contribution >= 4 is 7.69 Å². The lowest BCUT2D eigenvalue weighted by molar-refractivity contribution is 0.178. The monoisotopic (exact) mass is 170 g/mol. The Balaban J connectivity index is 3.67. The Bertz CT molecular complexity index is 136. The zero-order valence-electron chi connectivity index (χ0n) is 8.34. The van der Waals surface area contributed by atoms with E-state index in [-0.39, 0.29) is 13.8 Å². The second-order valence-corrected chi connectivity index (χ2v) is 3.25. The Morgan fingerprint density at radius 1 is 1.58 bits per heavy atom. The number of rotatable bonds is 6. The lowest BCUT2D eigenvalue weighted by Gasteiger charge is -2.18. The van der Waals surface area contributed by atoms with Crippen LogP contribution in [0.2, 0.25) is 0 Å². The van der Waals surface area contributed by atoms with Gasteiger partial charge in [0.25, 0.3) is 0 Å². The SMILES string of the molecule is C=C(CC)C(C)CC(C)OBO. The van der Waals surface area contributed by atoms with Gasteiger partial charge in [-0.15, -0.1) is 0 Å². The Morgan fingerprint density at radius 2 is 2.17 bits per heavy atom. The Hall–Kier alpha value is -0.275. The molecule has 0 fully saturated rings. The van der Waals surface area contributed by atoms with Gasteiger partial charge in [-0.2, -0.15) is 0 Å². The van der Waals surface area contributed by atoms with Crippen molar-refractivity contribution in [3.05, 3.63) is 12.2 Å². The van der Waals surface area contributed by atoms with E-state index in [9.17, 15) is 0 Å². The average molecular weight is 170 g/mol. The van der Waals surface area contributed by atoms with Crippen molar-refractivity contribution in [2.75, 3.05) is 0 Å². The van der Waals surface area contributed by atoms with Crippen molar-refractivity contribution in [2.45, 2.75) is 39.7 Å². The number of hydrogen-bond acceptors (Lipinski definition) is 2. The van der Waals surface area contributed by atoms with E-state index < -0.39 is 0 Å². The molecule has 0 aromatic heterocycles. The first-order chi connectivity index (χ1) is 5.61. The maximum atomic E-state index is 8.50. The van der Waals surface area contributed by atoms with E-state index in [1.165, 1.54) is 5.57 Å². The zero-order chi connectivity index (χ0) is 9.56. The topological polar surface area (TPSA) is 29.5 Å². The summed E-state index contributed by atoms with van der Waals surface area (Å²) in [5.74, 6) is 0.483. The van der Waals surface area contributed by atoms with Crippen LogP contribution < -0.4 is 0 Å². The van der Waals surface area contributed by atoms with Crippen molar-refractivity contribution in [2.24, 2.45) is 5.92 Å². The quantitative estimate of drug-likeness (QED) is 0.485. The molecule has 2 unspecified atom stereocenters. The second-order valence-electron chi connectivity index (χ2n) is 3.25. The van der Waals surface area contributed by atoms with Gasteiger partial charge in [0.05, 0.1) is 0 Å². The minimum Gasteiger partial charge on any atom is -0.430 e. The molecular weight excluding hydrogens is 151 g/mol. The van der Waals surface area contributed by atoms with E-state index >= 15 is 0 Å². The van der Waals surface area contributed by atoms with Crippen LogP contribution in [-0.2, 0) is 4.65 Å². The van der Waals surface area contributed by atoms with Gasteiger partial charge in [0.2, 0.25) is 0 Å². The summed E-state index contributed by atoms with van der Waals surface area (Å²) in [4.78, 5) is 0. The molecular formula is C9H19BO2. The van der Waals surface area contributed by atoms with Gasteiger partial charge in [-0.1, -0.05) is 26.0 Å². The zero-order valence-corrected chi connectivity index (χ0v) is 8.34. The van der Waals surface area contributed by atoms with Crippen molar-refractivity contribution < 1.29 is 9.68 Å². The van der Waals surface area contributed by atoms with Gasteiger partial charge in [0.1, 0.15) is 0 Å². The van der Waals surface area contributed by atoms with E-state index in [1.807, 2.05) is 6.92 Å². The highest BCUT2D eigenvalue weighted by Gasteiger charge is 2.10. The molecule has 12 heavy (non-hydrogen) atoms. The molecule has 2 nitrogen and oxygen atoms in total. The van der Waals surface area contributed by atoms with Gasteiger partial charge in [-0.05, 0) is 25.7 Å². The van der Waals surface area contributed by atoms with E-state index in [4.69, 9.17) is 9.68 Å². The van der Waals surface area contributed by atoms with Gasteiger partial charge in [-0.3, -0.25) is 0 Å². The summed E-state index contributed by atoms with van der Waals surface area (Å²) in [7, 11) is -0.188. The van der Waals surface area contributed by atoms with Crippen LogP contribution in [0.3, 0.4) is 0 Å². The molecule has 2 atom stereocenters. The molecule has 0 heterocycles. The van der Waals surface area contributed by atoms with E-state index in [0.717, 1.165) is 12.8 Å². The van der Waals surface area contributed by atoms with Crippen molar-refractivity contribution in [3.8, 4) is 0 Å². The molecule has 0 saturated carbocycles. The third kappa shape index (κ3) is 4.57. The normalized spacial score (nSPS) is 15.3. The number of hydrogen-bond donors (Lipinski definition) is 1. The smallest absolute Gasteiger partial charge is 0.430 e. The first-order valence-corrected chi connectivity index (χ1v) is 4.51. The van der Waals surface area contributed by atoms with Crippen molar-refractivity contribution in [1.82, 2.24) is 0 Å². The summed E-state index contributed by atoms with van der Waals surface area (Å²) in [6, 6.07) is 0. The fourth-order valence-electron chi connectivity index (χ4n) is 1.21. The second kappa shape index (κ2) is 6.26. The van der Waals surface area contributed by atoms with Gasteiger partial charge >= 0.3 is 7.69 Å². The third-order valence-electron chi connectivity index (χ3n) is 2.20. The van der Waals surface area contributed by atoms with Crippen LogP contribution in [0.4, 0.5) is 0 Å². The minimum atomic E-state index is -0.188. The summed E-state index contributed by atoms with van der Waals surface area (Å²) in [5, 5.41) is 8.50. The fraction of sp³-hybridized carbons (Fsp3) is 0.778. The fourth-order valence-corrected chi connectivity index (χ4v) is 1.21. The van der Waals surface area contributed by atoms with Crippen LogP contribution in [0, 0.1) is 5.92 Å². The molecule has 0 aliphatic rings. The standard InChI is InChI=1S/C9H19BO2/c1-5-7(2)8(3)6-9(4)12-10-11/h8-11H,2,5-6H2,1,3-4H3. The maximum Gasteiger partial charge on any atom is 0.435 e. The largest absolute Gasteiger partial charge is 0.435 e. The Morgan fingerprint density at radius 3 is 2.58 bits per heavy atom. The van der Waals surface area contributed by atoms with Crippen LogP contribution in [0.5, 0.6) is 0 Å². The first-order valence-electron chi connectivity index (χ1n) is 4.51. The minimum absolute atomic E-state index is 0.119. The molecule has 0 saturated heterocycles. The molecule has 0 aromatic carbocycles. The van der Waals surface area contributed by atoms with E-state index in [0.29, 0.717) is 5.92 Å². The van der Waals surface area contributed by atoms with Crippen LogP contribution in [0.25, 0.3) is 0 Å². The van der Waals surface area contributed by atoms with Crippen LogP contribution in [-0.4, -0.2) is 18.8 Å². The average Bonchev–Trinajstić information content (AvgIpc) is 2.03. The van der Waals surface area contributed by atoms with Crippen molar-refractivity contribution in [1.29, 1.82) is 0 Å². The van der Waals surface area contributed by atoms with Gasteiger partial charge in [0, 0.05) is 6.10 Å². The molecule has 0 bridgehead atoms. The summed E-state index contributed by atoms with van der Waals surface area (Å²) >= 11 is 0. The molecule has 0 aliphatic carbocycles. The molecule has 0 radical (unpaired) electrons. The number of allylic oxidation sites excluding steroid dienone is 1. The maximum absolute atomic E-state index is 8.50. The molecule has 0 amide bonds. The molecule has 0 aromatic rings.